The minimum absolute atomic E-state index is 0.0384. The van der Waals surface area contributed by atoms with E-state index in [2.05, 4.69) is 10.0 Å². The molecule has 0 bridgehead atoms. The average Bonchev–Trinajstić information content (AvgIpc) is 2.89. The molecule has 1 aliphatic heterocycles. The lowest BCUT2D eigenvalue weighted by atomic mass is 10.2. The van der Waals surface area contributed by atoms with Crippen molar-refractivity contribution in [3.63, 3.8) is 0 Å². The number of nitrogens with one attached hydrogen (secondary N) is 2. The van der Waals surface area contributed by atoms with E-state index in [-0.39, 0.29) is 17.4 Å². The van der Waals surface area contributed by atoms with Crippen LogP contribution < -0.4 is 10.0 Å². The van der Waals surface area contributed by atoms with E-state index < -0.39 is 10.0 Å². The van der Waals surface area contributed by atoms with Gasteiger partial charge in [0.1, 0.15) is 0 Å². The molecular weight excluding hydrogens is 204 g/mol. The number of methoxy groups -OCH3 is 1. The highest BCUT2D eigenvalue weighted by Gasteiger charge is 2.39. The van der Waals surface area contributed by atoms with E-state index in [1.165, 1.54) is 0 Å². The van der Waals surface area contributed by atoms with Crippen molar-refractivity contribution < 1.29 is 13.2 Å². The van der Waals surface area contributed by atoms with Gasteiger partial charge in [0.15, 0.2) is 0 Å². The summed E-state index contributed by atoms with van der Waals surface area (Å²) in [5.74, 6) is 0. The maximum atomic E-state index is 11.6. The largest absolute Gasteiger partial charge is 0.378 e. The van der Waals surface area contributed by atoms with Crippen molar-refractivity contribution in [2.24, 2.45) is 0 Å². The molecule has 1 saturated heterocycles. The minimum Gasteiger partial charge on any atom is -0.378 e. The van der Waals surface area contributed by atoms with Gasteiger partial charge in [-0.2, -0.15) is 0 Å². The zero-order valence-corrected chi connectivity index (χ0v) is 9.01. The van der Waals surface area contributed by atoms with Gasteiger partial charge in [0, 0.05) is 20.2 Å². The molecule has 2 atom stereocenters. The number of ether oxygens (including phenoxy) is 1. The van der Waals surface area contributed by atoms with Crippen LogP contribution in [0.4, 0.5) is 0 Å². The Morgan fingerprint density at radius 2 is 2.07 bits per heavy atom. The summed E-state index contributed by atoms with van der Waals surface area (Å²) in [6.45, 7) is 1.37. The molecule has 0 amide bonds. The van der Waals surface area contributed by atoms with Crippen molar-refractivity contribution in [3.8, 4) is 0 Å². The number of hydrogen-bond donors (Lipinski definition) is 2. The fourth-order valence-electron chi connectivity index (χ4n) is 1.71. The Balaban J connectivity index is 1.96. The van der Waals surface area contributed by atoms with E-state index in [4.69, 9.17) is 4.74 Å². The van der Waals surface area contributed by atoms with Gasteiger partial charge >= 0.3 is 0 Å². The molecule has 1 saturated carbocycles. The summed E-state index contributed by atoms with van der Waals surface area (Å²) in [7, 11) is -1.48. The van der Waals surface area contributed by atoms with E-state index in [9.17, 15) is 8.42 Å². The van der Waals surface area contributed by atoms with Crippen LogP contribution in [-0.4, -0.2) is 46.0 Å². The summed E-state index contributed by atoms with van der Waals surface area (Å²) in [5, 5.41) is 2.95. The molecule has 82 valence electrons. The van der Waals surface area contributed by atoms with E-state index in [1.807, 2.05) is 0 Å². The van der Waals surface area contributed by atoms with E-state index in [0.717, 1.165) is 12.8 Å². The predicted octanol–water partition coefficient (Wildman–Crippen LogP) is -0.945. The number of rotatable bonds is 4. The maximum absolute atomic E-state index is 11.6. The minimum atomic E-state index is -3.08. The van der Waals surface area contributed by atoms with Crippen LogP contribution in [0.3, 0.4) is 0 Å². The Morgan fingerprint density at radius 3 is 2.64 bits per heavy atom. The van der Waals surface area contributed by atoms with Crippen LogP contribution in [0.5, 0.6) is 0 Å². The Labute approximate surface area is 84.3 Å². The van der Waals surface area contributed by atoms with Gasteiger partial charge in [-0.25, -0.2) is 13.1 Å². The highest BCUT2D eigenvalue weighted by atomic mass is 32.2. The van der Waals surface area contributed by atoms with Crippen molar-refractivity contribution in [2.75, 3.05) is 20.2 Å². The van der Waals surface area contributed by atoms with Crippen molar-refractivity contribution in [1.29, 1.82) is 0 Å². The summed E-state index contributed by atoms with van der Waals surface area (Å²) in [4.78, 5) is 0. The maximum Gasteiger partial charge on any atom is 0.214 e. The molecular formula is C8H16N2O3S. The van der Waals surface area contributed by atoms with E-state index in [1.54, 1.807) is 7.11 Å². The van der Waals surface area contributed by atoms with Crippen molar-refractivity contribution in [3.05, 3.63) is 0 Å². The topological polar surface area (TPSA) is 67.4 Å². The quantitative estimate of drug-likeness (QED) is 0.641. The molecule has 1 aliphatic carbocycles. The normalized spacial score (nSPS) is 33.5. The standard InChI is InChI=1S/C8H16N2O3S/c1-13-8-5-9-4-7(8)10-14(11,12)6-2-3-6/h6-10H,2-5H2,1H3/t7?,8-/m0/s1. The second-order valence-electron chi connectivity index (χ2n) is 3.90. The zero-order valence-electron chi connectivity index (χ0n) is 8.19. The fraction of sp³-hybridized carbons (Fsp3) is 1.00. The lowest BCUT2D eigenvalue weighted by molar-refractivity contribution is 0.103. The van der Waals surface area contributed by atoms with Crippen LogP contribution in [0.1, 0.15) is 12.8 Å². The summed E-state index contributed by atoms with van der Waals surface area (Å²) >= 11 is 0. The number of sulfonamides is 1. The third kappa shape index (κ3) is 2.08. The first kappa shape index (κ1) is 10.4. The first-order chi connectivity index (χ1) is 6.63. The van der Waals surface area contributed by atoms with Crippen LogP contribution in [-0.2, 0) is 14.8 Å². The molecule has 2 N–H and O–H groups in total. The van der Waals surface area contributed by atoms with Gasteiger partial charge in [-0.3, -0.25) is 0 Å². The van der Waals surface area contributed by atoms with Gasteiger partial charge in [0.2, 0.25) is 10.0 Å². The molecule has 0 aromatic heterocycles. The zero-order chi connectivity index (χ0) is 10.2. The van der Waals surface area contributed by atoms with Crippen LogP contribution in [0.15, 0.2) is 0 Å². The van der Waals surface area contributed by atoms with Gasteiger partial charge in [0.25, 0.3) is 0 Å². The SMILES string of the molecule is CO[C@H]1CNCC1NS(=O)(=O)C1CC1. The van der Waals surface area contributed by atoms with Crippen molar-refractivity contribution >= 4 is 10.0 Å². The van der Waals surface area contributed by atoms with Gasteiger partial charge in [0.05, 0.1) is 17.4 Å². The molecule has 1 unspecified atom stereocenters. The molecule has 2 rings (SSSR count). The van der Waals surface area contributed by atoms with Crippen LogP contribution in [0.2, 0.25) is 0 Å². The molecule has 0 aromatic rings. The Hall–Kier alpha value is -0.170. The lowest BCUT2D eigenvalue weighted by Gasteiger charge is -2.18. The first-order valence-corrected chi connectivity index (χ1v) is 6.43. The number of hydrogen-bond acceptors (Lipinski definition) is 4. The van der Waals surface area contributed by atoms with Crippen molar-refractivity contribution in [1.82, 2.24) is 10.0 Å². The van der Waals surface area contributed by atoms with Crippen LogP contribution in [0, 0.1) is 0 Å². The Bertz CT molecular complexity index is 300. The van der Waals surface area contributed by atoms with Crippen LogP contribution >= 0.6 is 0 Å². The summed E-state index contributed by atoms with van der Waals surface area (Å²) in [6.07, 6.45) is 1.56. The second-order valence-corrected chi connectivity index (χ2v) is 5.89. The molecule has 2 aliphatic rings. The molecule has 2 fully saturated rings. The Kier molecular flexibility index (Phi) is 2.79. The smallest absolute Gasteiger partial charge is 0.214 e. The molecule has 6 heteroatoms. The van der Waals surface area contributed by atoms with Gasteiger partial charge < -0.3 is 10.1 Å². The molecule has 0 spiro atoms. The molecule has 1 heterocycles. The van der Waals surface area contributed by atoms with E-state index in [0.29, 0.717) is 13.1 Å². The third-order valence-electron chi connectivity index (χ3n) is 2.74. The van der Waals surface area contributed by atoms with Gasteiger partial charge in [-0.05, 0) is 12.8 Å². The molecule has 5 nitrogen and oxygen atoms in total. The fourth-order valence-corrected chi connectivity index (χ4v) is 3.31. The highest BCUT2D eigenvalue weighted by Crippen LogP contribution is 2.28. The lowest BCUT2D eigenvalue weighted by Crippen LogP contribution is -2.44. The monoisotopic (exact) mass is 220 g/mol. The van der Waals surface area contributed by atoms with Gasteiger partial charge in [-0.15, -0.1) is 0 Å². The summed E-state index contributed by atoms with van der Waals surface area (Å²) < 4.78 is 31.1. The second kappa shape index (κ2) is 3.77. The van der Waals surface area contributed by atoms with Crippen LogP contribution in [0.25, 0.3) is 0 Å². The summed E-state index contributed by atoms with van der Waals surface area (Å²) in [6, 6.07) is -0.106. The highest BCUT2D eigenvalue weighted by molar-refractivity contribution is 7.90. The predicted molar refractivity (Wildman–Crippen MR) is 52.5 cm³/mol. The van der Waals surface area contributed by atoms with Gasteiger partial charge in [-0.1, -0.05) is 0 Å². The van der Waals surface area contributed by atoms with Crippen molar-refractivity contribution in [2.45, 2.75) is 30.2 Å². The van der Waals surface area contributed by atoms with E-state index >= 15 is 0 Å². The summed E-state index contributed by atoms with van der Waals surface area (Å²) in [5.41, 5.74) is 0. The third-order valence-corrected chi connectivity index (χ3v) is 4.72. The first-order valence-electron chi connectivity index (χ1n) is 4.88. The average molecular weight is 220 g/mol. The molecule has 0 aromatic carbocycles. The molecule has 0 radical (unpaired) electrons. The molecule has 14 heavy (non-hydrogen) atoms. The Morgan fingerprint density at radius 1 is 1.36 bits per heavy atom.